The van der Waals surface area contributed by atoms with Crippen molar-refractivity contribution >= 4 is 15.9 Å². The molecule has 0 aliphatic carbocycles. The fourth-order valence-corrected chi connectivity index (χ4v) is 3.55. The van der Waals surface area contributed by atoms with Crippen molar-refractivity contribution in [3.63, 3.8) is 0 Å². The maximum atomic E-state index is 12.3. The van der Waals surface area contributed by atoms with E-state index >= 15 is 0 Å². The Kier molecular flexibility index (Phi) is 6.13. The molecule has 1 N–H and O–H groups in total. The Hall–Kier alpha value is -1.41. The number of hydrogen-bond donors (Lipinski definition) is 1. The van der Waals surface area contributed by atoms with Crippen molar-refractivity contribution in [1.82, 2.24) is 19.4 Å². The summed E-state index contributed by atoms with van der Waals surface area (Å²) in [5.74, 6) is -0.159. The first-order chi connectivity index (χ1) is 10.1. The average molecular weight is 330 g/mol. The SMILES string of the molecule is CCC(CC)NC(=O)Cn1nc(C)c(S(=O)(=O)N(C)C)c1C. The fraction of sp³-hybridized carbons (Fsp3) is 0.714. The molecule has 0 aliphatic heterocycles. The summed E-state index contributed by atoms with van der Waals surface area (Å²) in [4.78, 5) is 12.2. The fourth-order valence-electron chi connectivity index (χ4n) is 2.29. The second kappa shape index (κ2) is 7.23. The predicted molar refractivity (Wildman–Crippen MR) is 85.1 cm³/mol. The number of amides is 1. The first-order valence-electron chi connectivity index (χ1n) is 7.40. The summed E-state index contributed by atoms with van der Waals surface area (Å²) < 4.78 is 27.2. The summed E-state index contributed by atoms with van der Waals surface area (Å²) in [6.07, 6.45) is 1.72. The molecule has 0 unspecified atom stereocenters. The summed E-state index contributed by atoms with van der Waals surface area (Å²) in [7, 11) is -0.612. The van der Waals surface area contributed by atoms with Crippen LogP contribution in [0.25, 0.3) is 0 Å². The molecule has 0 bridgehead atoms. The van der Waals surface area contributed by atoms with Crippen LogP contribution < -0.4 is 5.32 Å². The van der Waals surface area contributed by atoms with E-state index < -0.39 is 10.0 Å². The average Bonchev–Trinajstić information content (AvgIpc) is 2.70. The van der Waals surface area contributed by atoms with Crippen LogP contribution in [0.3, 0.4) is 0 Å². The standard InChI is InChI=1S/C14H26N4O3S/c1-7-12(8-2)15-13(19)9-18-11(4)14(10(3)16-18)22(20,21)17(5)6/h12H,7-9H2,1-6H3,(H,15,19). The zero-order valence-corrected chi connectivity index (χ0v) is 15.0. The Morgan fingerprint density at radius 2 is 1.82 bits per heavy atom. The molecule has 126 valence electrons. The number of rotatable bonds is 7. The van der Waals surface area contributed by atoms with Gasteiger partial charge in [0.1, 0.15) is 11.4 Å². The molecule has 0 radical (unpaired) electrons. The lowest BCUT2D eigenvalue weighted by molar-refractivity contribution is -0.122. The third kappa shape index (κ3) is 3.86. The Labute approximate surface area is 132 Å². The van der Waals surface area contributed by atoms with Gasteiger partial charge in [-0.05, 0) is 26.7 Å². The molecule has 1 aromatic heterocycles. The third-order valence-corrected chi connectivity index (χ3v) is 5.77. The highest BCUT2D eigenvalue weighted by atomic mass is 32.2. The molecule has 0 aromatic carbocycles. The molecule has 1 amide bonds. The molecule has 0 spiro atoms. The van der Waals surface area contributed by atoms with Gasteiger partial charge < -0.3 is 5.32 Å². The molecule has 0 atom stereocenters. The summed E-state index contributed by atoms with van der Waals surface area (Å²) in [6.45, 7) is 7.35. The van der Waals surface area contributed by atoms with Gasteiger partial charge in [0.15, 0.2) is 0 Å². The number of carbonyl (C=O) groups is 1. The van der Waals surface area contributed by atoms with Gasteiger partial charge in [-0.25, -0.2) is 12.7 Å². The monoisotopic (exact) mass is 330 g/mol. The van der Waals surface area contributed by atoms with Crippen molar-refractivity contribution in [2.75, 3.05) is 14.1 Å². The van der Waals surface area contributed by atoms with Crippen LogP contribution in [0.5, 0.6) is 0 Å². The van der Waals surface area contributed by atoms with Crippen LogP contribution in [0.4, 0.5) is 0 Å². The highest BCUT2D eigenvalue weighted by Gasteiger charge is 2.27. The highest BCUT2D eigenvalue weighted by Crippen LogP contribution is 2.21. The van der Waals surface area contributed by atoms with Crippen molar-refractivity contribution in [2.24, 2.45) is 0 Å². The van der Waals surface area contributed by atoms with E-state index in [0.29, 0.717) is 11.4 Å². The second-order valence-electron chi connectivity index (χ2n) is 5.53. The largest absolute Gasteiger partial charge is 0.352 e. The molecule has 22 heavy (non-hydrogen) atoms. The topological polar surface area (TPSA) is 84.3 Å². The first kappa shape index (κ1) is 18.6. The molecule has 0 saturated heterocycles. The number of sulfonamides is 1. The number of nitrogens with zero attached hydrogens (tertiary/aromatic N) is 3. The van der Waals surface area contributed by atoms with Crippen LogP contribution in [-0.2, 0) is 21.4 Å². The summed E-state index contributed by atoms with van der Waals surface area (Å²) in [5.41, 5.74) is 0.882. The smallest absolute Gasteiger partial charge is 0.246 e. The lowest BCUT2D eigenvalue weighted by Gasteiger charge is -2.15. The quantitative estimate of drug-likeness (QED) is 0.810. The summed E-state index contributed by atoms with van der Waals surface area (Å²) >= 11 is 0. The maximum absolute atomic E-state index is 12.3. The number of nitrogens with one attached hydrogen (secondary N) is 1. The van der Waals surface area contributed by atoms with Crippen LogP contribution in [0.15, 0.2) is 4.90 Å². The number of aromatic nitrogens is 2. The number of carbonyl (C=O) groups excluding carboxylic acids is 1. The third-order valence-electron chi connectivity index (χ3n) is 3.70. The van der Waals surface area contributed by atoms with E-state index in [0.717, 1.165) is 17.1 Å². The van der Waals surface area contributed by atoms with Crippen molar-refractivity contribution < 1.29 is 13.2 Å². The van der Waals surface area contributed by atoms with Crippen LogP contribution in [0, 0.1) is 13.8 Å². The zero-order valence-electron chi connectivity index (χ0n) is 14.2. The van der Waals surface area contributed by atoms with E-state index in [2.05, 4.69) is 10.4 Å². The van der Waals surface area contributed by atoms with Crippen LogP contribution in [0.1, 0.15) is 38.1 Å². The summed E-state index contributed by atoms with van der Waals surface area (Å²) in [5, 5.41) is 7.13. The van der Waals surface area contributed by atoms with Crippen LogP contribution in [0.2, 0.25) is 0 Å². The van der Waals surface area contributed by atoms with E-state index in [-0.39, 0.29) is 23.4 Å². The lowest BCUT2D eigenvalue weighted by atomic mass is 10.2. The van der Waals surface area contributed by atoms with Crippen molar-refractivity contribution in [2.45, 2.75) is 58.0 Å². The van der Waals surface area contributed by atoms with Crippen LogP contribution >= 0.6 is 0 Å². The number of aryl methyl sites for hydroxylation is 1. The second-order valence-corrected chi connectivity index (χ2v) is 7.61. The Morgan fingerprint density at radius 1 is 1.27 bits per heavy atom. The van der Waals surface area contributed by atoms with Gasteiger partial charge in [-0.3, -0.25) is 9.48 Å². The van der Waals surface area contributed by atoms with Gasteiger partial charge in [0.05, 0.1) is 11.4 Å². The van der Waals surface area contributed by atoms with Gasteiger partial charge in [0.25, 0.3) is 0 Å². The molecule has 1 rings (SSSR count). The van der Waals surface area contributed by atoms with Crippen molar-refractivity contribution in [1.29, 1.82) is 0 Å². The highest BCUT2D eigenvalue weighted by molar-refractivity contribution is 7.89. The Morgan fingerprint density at radius 3 is 2.27 bits per heavy atom. The zero-order chi connectivity index (χ0) is 17.1. The van der Waals surface area contributed by atoms with Gasteiger partial charge in [-0.1, -0.05) is 13.8 Å². The molecular formula is C14H26N4O3S. The Balaban J connectivity index is 3.03. The predicted octanol–water partition coefficient (Wildman–Crippen LogP) is 1.06. The van der Waals surface area contributed by atoms with E-state index in [4.69, 9.17) is 0 Å². The van der Waals surface area contributed by atoms with Gasteiger partial charge in [0, 0.05) is 20.1 Å². The first-order valence-corrected chi connectivity index (χ1v) is 8.85. The molecule has 1 aromatic rings. The van der Waals surface area contributed by atoms with Gasteiger partial charge in [0.2, 0.25) is 15.9 Å². The van der Waals surface area contributed by atoms with Crippen molar-refractivity contribution in [3.8, 4) is 0 Å². The summed E-state index contributed by atoms with van der Waals surface area (Å²) in [6, 6.07) is 0.134. The maximum Gasteiger partial charge on any atom is 0.246 e. The van der Waals surface area contributed by atoms with Gasteiger partial charge >= 0.3 is 0 Å². The minimum atomic E-state index is -3.57. The van der Waals surface area contributed by atoms with Gasteiger partial charge in [-0.2, -0.15) is 5.10 Å². The molecule has 1 heterocycles. The van der Waals surface area contributed by atoms with Crippen molar-refractivity contribution in [3.05, 3.63) is 11.4 Å². The Bertz CT molecular complexity index is 631. The van der Waals surface area contributed by atoms with Crippen LogP contribution in [-0.4, -0.2) is 48.5 Å². The molecule has 0 aliphatic rings. The molecule has 8 heteroatoms. The van der Waals surface area contributed by atoms with E-state index in [9.17, 15) is 13.2 Å². The number of hydrogen-bond acceptors (Lipinski definition) is 4. The normalized spacial score (nSPS) is 12.2. The van der Waals surface area contributed by atoms with E-state index in [1.54, 1.807) is 13.8 Å². The lowest BCUT2D eigenvalue weighted by Crippen LogP contribution is -2.36. The minimum absolute atomic E-state index is 0.0200. The minimum Gasteiger partial charge on any atom is -0.352 e. The van der Waals surface area contributed by atoms with E-state index in [1.807, 2.05) is 13.8 Å². The molecule has 7 nitrogen and oxygen atoms in total. The molecular weight excluding hydrogens is 304 g/mol. The van der Waals surface area contributed by atoms with Gasteiger partial charge in [-0.15, -0.1) is 0 Å². The molecule has 0 saturated carbocycles. The van der Waals surface area contributed by atoms with E-state index in [1.165, 1.54) is 18.8 Å². The molecule has 0 fully saturated rings.